The number of aliphatic hydroxyl groups is 1. The van der Waals surface area contributed by atoms with Crippen molar-refractivity contribution < 1.29 is 9.84 Å². The second-order valence-corrected chi connectivity index (χ2v) is 6.53. The van der Waals surface area contributed by atoms with Crippen molar-refractivity contribution in [3.05, 3.63) is 29.3 Å². The van der Waals surface area contributed by atoms with Crippen LogP contribution in [0.15, 0.2) is 24.3 Å². The molecule has 2 aliphatic carbocycles. The zero-order chi connectivity index (χ0) is 13.2. The van der Waals surface area contributed by atoms with Gasteiger partial charge >= 0.3 is 0 Å². The van der Waals surface area contributed by atoms with E-state index in [0.717, 1.165) is 29.9 Å². The summed E-state index contributed by atoms with van der Waals surface area (Å²) in [6, 6.07) is 7.29. The Balaban J connectivity index is 1.44. The van der Waals surface area contributed by atoms with Crippen LogP contribution < -0.4 is 4.74 Å². The van der Waals surface area contributed by atoms with Crippen LogP contribution in [-0.4, -0.2) is 17.8 Å². The number of hydrogen-bond acceptors (Lipinski definition) is 2. The molecule has 4 atom stereocenters. The Morgan fingerprint density at radius 2 is 2.00 bits per heavy atom. The maximum absolute atomic E-state index is 10.1. The summed E-state index contributed by atoms with van der Waals surface area (Å²) in [5, 5.41) is 10.8. The lowest BCUT2D eigenvalue weighted by Crippen LogP contribution is -2.23. The van der Waals surface area contributed by atoms with Crippen LogP contribution in [0.1, 0.15) is 32.1 Å². The van der Waals surface area contributed by atoms with E-state index in [9.17, 15) is 5.11 Å². The number of hydrogen-bond donors (Lipinski definition) is 1. The van der Waals surface area contributed by atoms with E-state index in [-0.39, 0.29) is 6.10 Å². The van der Waals surface area contributed by atoms with Crippen LogP contribution in [0.2, 0.25) is 5.02 Å². The van der Waals surface area contributed by atoms with Gasteiger partial charge in [0.2, 0.25) is 0 Å². The molecule has 1 aromatic carbocycles. The maximum atomic E-state index is 10.1. The van der Waals surface area contributed by atoms with E-state index < -0.39 is 0 Å². The molecule has 19 heavy (non-hydrogen) atoms. The molecular weight excluding hydrogens is 260 g/mol. The van der Waals surface area contributed by atoms with Gasteiger partial charge in [0, 0.05) is 5.02 Å². The second-order valence-electron chi connectivity index (χ2n) is 6.09. The van der Waals surface area contributed by atoms with Gasteiger partial charge in [0.1, 0.15) is 12.4 Å². The van der Waals surface area contributed by atoms with Gasteiger partial charge in [-0.3, -0.25) is 0 Å². The van der Waals surface area contributed by atoms with Crippen molar-refractivity contribution in [3.8, 4) is 5.75 Å². The predicted octanol–water partition coefficient (Wildman–Crippen LogP) is 3.91. The van der Waals surface area contributed by atoms with E-state index >= 15 is 0 Å². The first-order valence-electron chi connectivity index (χ1n) is 7.27. The smallest absolute Gasteiger partial charge is 0.119 e. The van der Waals surface area contributed by atoms with Gasteiger partial charge in [0.05, 0.1) is 6.10 Å². The Bertz CT molecular complexity index is 417. The monoisotopic (exact) mass is 280 g/mol. The second kappa shape index (κ2) is 5.72. The molecule has 104 valence electrons. The molecule has 0 heterocycles. The highest BCUT2D eigenvalue weighted by Gasteiger charge is 2.39. The van der Waals surface area contributed by atoms with Crippen LogP contribution in [-0.2, 0) is 0 Å². The summed E-state index contributed by atoms with van der Waals surface area (Å²) in [4.78, 5) is 0. The third-order valence-corrected chi connectivity index (χ3v) is 4.97. The lowest BCUT2D eigenvalue weighted by molar-refractivity contribution is 0.0748. The first-order valence-corrected chi connectivity index (χ1v) is 7.65. The fourth-order valence-electron chi connectivity index (χ4n) is 3.81. The molecule has 2 aliphatic rings. The SMILES string of the molecule is OC(COc1ccc(Cl)cc1)CC1CC2CCC1C2. The Labute approximate surface area is 119 Å². The van der Waals surface area contributed by atoms with Crippen molar-refractivity contribution in [1.29, 1.82) is 0 Å². The number of halogens is 1. The Hall–Kier alpha value is -0.730. The predicted molar refractivity (Wildman–Crippen MR) is 76.5 cm³/mol. The summed E-state index contributed by atoms with van der Waals surface area (Å²) in [6.45, 7) is 0.384. The van der Waals surface area contributed by atoms with Crippen molar-refractivity contribution in [2.24, 2.45) is 17.8 Å². The van der Waals surface area contributed by atoms with Crippen molar-refractivity contribution in [2.45, 2.75) is 38.2 Å². The molecule has 2 bridgehead atoms. The molecule has 0 aromatic heterocycles. The van der Waals surface area contributed by atoms with Crippen LogP contribution in [0.4, 0.5) is 0 Å². The highest BCUT2D eigenvalue weighted by molar-refractivity contribution is 6.30. The van der Waals surface area contributed by atoms with Crippen LogP contribution in [0.5, 0.6) is 5.75 Å². The number of fused-ring (bicyclic) bond motifs is 2. The summed E-state index contributed by atoms with van der Waals surface area (Å²) in [5.41, 5.74) is 0. The molecule has 2 nitrogen and oxygen atoms in total. The lowest BCUT2D eigenvalue weighted by Gasteiger charge is -2.24. The normalized spacial score (nSPS) is 30.5. The molecule has 2 saturated carbocycles. The van der Waals surface area contributed by atoms with Gasteiger partial charge < -0.3 is 9.84 Å². The van der Waals surface area contributed by atoms with E-state index in [1.165, 1.54) is 25.7 Å². The van der Waals surface area contributed by atoms with Crippen LogP contribution in [0.3, 0.4) is 0 Å². The lowest BCUT2D eigenvalue weighted by atomic mass is 9.85. The van der Waals surface area contributed by atoms with Crippen LogP contribution in [0.25, 0.3) is 0 Å². The van der Waals surface area contributed by atoms with E-state index in [1.54, 1.807) is 12.1 Å². The molecule has 0 aliphatic heterocycles. The molecule has 3 heteroatoms. The van der Waals surface area contributed by atoms with Crippen molar-refractivity contribution in [2.75, 3.05) is 6.61 Å². The summed E-state index contributed by atoms with van der Waals surface area (Å²) in [6.07, 6.45) is 6.06. The quantitative estimate of drug-likeness (QED) is 0.886. The third-order valence-electron chi connectivity index (χ3n) is 4.72. The Kier molecular flexibility index (Phi) is 3.99. The van der Waals surface area contributed by atoms with Gasteiger partial charge in [0.15, 0.2) is 0 Å². The summed E-state index contributed by atoms with van der Waals surface area (Å²) in [7, 11) is 0. The molecule has 2 fully saturated rings. The van der Waals surface area contributed by atoms with Crippen molar-refractivity contribution in [1.82, 2.24) is 0 Å². The van der Waals surface area contributed by atoms with Gasteiger partial charge in [-0.2, -0.15) is 0 Å². The molecule has 3 rings (SSSR count). The molecule has 0 radical (unpaired) electrons. The van der Waals surface area contributed by atoms with Crippen molar-refractivity contribution >= 4 is 11.6 Å². The highest BCUT2D eigenvalue weighted by Crippen LogP contribution is 2.49. The van der Waals surface area contributed by atoms with Crippen LogP contribution in [0, 0.1) is 17.8 Å². The van der Waals surface area contributed by atoms with Gasteiger partial charge in [-0.15, -0.1) is 0 Å². The van der Waals surface area contributed by atoms with E-state index in [0.29, 0.717) is 11.6 Å². The molecule has 0 amide bonds. The summed E-state index contributed by atoms with van der Waals surface area (Å²) in [5.74, 6) is 3.31. The number of aliphatic hydroxyl groups excluding tert-OH is 1. The first kappa shape index (κ1) is 13.3. The largest absolute Gasteiger partial charge is 0.491 e. The third kappa shape index (κ3) is 3.24. The van der Waals surface area contributed by atoms with Gasteiger partial charge in [-0.25, -0.2) is 0 Å². The Morgan fingerprint density at radius 1 is 1.21 bits per heavy atom. The molecule has 0 saturated heterocycles. The number of rotatable bonds is 5. The number of benzene rings is 1. The van der Waals surface area contributed by atoms with E-state index in [4.69, 9.17) is 16.3 Å². The minimum absolute atomic E-state index is 0.347. The van der Waals surface area contributed by atoms with Crippen LogP contribution >= 0.6 is 11.6 Å². The number of ether oxygens (including phenoxy) is 1. The summed E-state index contributed by atoms with van der Waals surface area (Å²) < 4.78 is 5.60. The molecule has 1 aromatic rings. The summed E-state index contributed by atoms with van der Waals surface area (Å²) >= 11 is 5.82. The zero-order valence-electron chi connectivity index (χ0n) is 11.1. The molecular formula is C16H21ClO2. The highest BCUT2D eigenvalue weighted by atomic mass is 35.5. The fraction of sp³-hybridized carbons (Fsp3) is 0.625. The fourth-order valence-corrected chi connectivity index (χ4v) is 3.93. The molecule has 0 spiro atoms. The minimum Gasteiger partial charge on any atom is -0.491 e. The average Bonchev–Trinajstić information content (AvgIpc) is 3.00. The molecule has 1 N–H and O–H groups in total. The van der Waals surface area contributed by atoms with E-state index in [2.05, 4.69) is 0 Å². The first-order chi connectivity index (χ1) is 9.20. The average molecular weight is 281 g/mol. The topological polar surface area (TPSA) is 29.5 Å². The van der Waals surface area contributed by atoms with E-state index in [1.807, 2.05) is 12.1 Å². The standard InChI is InChI=1S/C16H21ClO2/c17-14-3-5-16(6-4-14)19-10-15(18)9-13-8-11-1-2-12(13)7-11/h3-6,11-13,15,18H,1-2,7-10H2. The zero-order valence-corrected chi connectivity index (χ0v) is 11.9. The minimum atomic E-state index is -0.347. The maximum Gasteiger partial charge on any atom is 0.119 e. The molecule has 4 unspecified atom stereocenters. The van der Waals surface area contributed by atoms with Gasteiger partial charge in [-0.1, -0.05) is 18.0 Å². The van der Waals surface area contributed by atoms with Crippen molar-refractivity contribution in [3.63, 3.8) is 0 Å². The van der Waals surface area contributed by atoms with Gasteiger partial charge in [-0.05, 0) is 67.7 Å². The Morgan fingerprint density at radius 3 is 2.63 bits per heavy atom. The van der Waals surface area contributed by atoms with Gasteiger partial charge in [0.25, 0.3) is 0 Å².